The molecule has 1 aliphatic rings. The molecule has 1 atom stereocenters. The van der Waals surface area contributed by atoms with Gasteiger partial charge < -0.3 is 25.0 Å². The molecule has 1 unspecified atom stereocenters. The molecule has 2 heterocycles. The van der Waals surface area contributed by atoms with Crippen molar-refractivity contribution < 1.29 is 9.47 Å². The zero-order chi connectivity index (χ0) is 21.3. The summed E-state index contributed by atoms with van der Waals surface area (Å²) in [5.41, 5.74) is 2.19. The first-order valence-electron chi connectivity index (χ1n) is 10.6. The van der Waals surface area contributed by atoms with Gasteiger partial charge in [0, 0.05) is 37.9 Å². The Balaban J connectivity index is 0.00000341. The van der Waals surface area contributed by atoms with E-state index in [-0.39, 0.29) is 30.1 Å². The highest BCUT2D eigenvalue weighted by Gasteiger charge is 2.25. The Labute approximate surface area is 202 Å². The number of guanidine groups is 1. The van der Waals surface area contributed by atoms with Crippen LogP contribution < -0.4 is 25.0 Å². The molecule has 7 nitrogen and oxygen atoms in total. The van der Waals surface area contributed by atoms with E-state index in [9.17, 15) is 0 Å². The molecule has 31 heavy (non-hydrogen) atoms. The molecule has 0 aliphatic carbocycles. The van der Waals surface area contributed by atoms with Crippen molar-refractivity contribution in [2.24, 2.45) is 4.99 Å². The summed E-state index contributed by atoms with van der Waals surface area (Å²) in [7, 11) is 1.72. The van der Waals surface area contributed by atoms with E-state index < -0.39 is 0 Å². The van der Waals surface area contributed by atoms with Gasteiger partial charge in [-0.3, -0.25) is 0 Å². The molecule has 1 aromatic carbocycles. The number of rotatable bonds is 8. The predicted molar refractivity (Wildman–Crippen MR) is 137 cm³/mol. The average molecular weight is 539 g/mol. The molecule has 170 valence electrons. The van der Waals surface area contributed by atoms with Gasteiger partial charge >= 0.3 is 0 Å². The van der Waals surface area contributed by atoms with E-state index in [1.165, 1.54) is 0 Å². The smallest absolute Gasteiger partial charge is 0.213 e. The van der Waals surface area contributed by atoms with Crippen molar-refractivity contribution in [3.8, 4) is 11.6 Å². The van der Waals surface area contributed by atoms with Crippen molar-refractivity contribution >= 4 is 35.6 Å². The molecule has 0 saturated carbocycles. The van der Waals surface area contributed by atoms with E-state index in [4.69, 9.17) is 14.5 Å². The fourth-order valence-corrected chi connectivity index (χ4v) is 3.49. The van der Waals surface area contributed by atoms with Gasteiger partial charge in [0.1, 0.15) is 5.75 Å². The monoisotopic (exact) mass is 539 g/mol. The highest BCUT2D eigenvalue weighted by atomic mass is 127. The van der Waals surface area contributed by atoms with Crippen molar-refractivity contribution in [2.45, 2.75) is 45.9 Å². The zero-order valence-electron chi connectivity index (χ0n) is 18.8. The normalized spacial score (nSPS) is 16.1. The van der Waals surface area contributed by atoms with Crippen LogP contribution in [0.1, 0.15) is 32.8 Å². The maximum Gasteiger partial charge on any atom is 0.213 e. The van der Waals surface area contributed by atoms with Crippen molar-refractivity contribution in [1.29, 1.82) is 0 Å². The molecule has 1 aliphatic heterocycles. The van der Waals surface area contributed by atoms with Gasteiger partial charge in [-0.1, -0.05) is 18.2 Å². The first-order valence-corrected chi connectivity index (χ1v) is 10.6. The average Bonchev–Trinajstić information content (AvgIpc) is 3.21. The summed E-state index contributed by atoms with van der Waals surface area (Å²) < 4.78 is 11.1. The topological polar surface area (TPSA) is 71.0 Å². The standard InChI is InChI=1S/C23H33N5O2.HI/c1-5-24-23(26-15-18-10-11-22(25-14-18)30-17(2)3)27-19-12-13-28(16-19)20-8-6-7-9-21(20)29-4;/h6-11,14,17,19H,5,12-13,15-16H2,1-4H3,(H2,24,26,27);1H. The van der Waals surface area contributed by atoms with Crippen LogP contribution in [0.4, 0.5) is 5.69 Å². The molecule has 2 N–H and O–H groups in total. The van der Waals surface area contributed by atoms with Gasteiger partial charge in [0.15, 0.2) is 5.96 Å². The van der Waals surface area contributed by atoms with Crippen molar-refractivity contribution in [3.05, 3.63) is 48.2 Å². The lowest BCUT2D eigenvalue weighted by atomic mass is 10.2. The molecule has 1 aromatic heterocycles. The molecular weight excluding hydrogens is 505 g/mol. The second-order valence-electron chi connectivity index (χ2n) is 7.61. The summed E-state index contributed by atoms with van der Waals surface area (Å²) in [5.74, 6) is 2.38. The third-order valence-corrected chi connectivity index (χ3v) is 4.87. The van der Waals surface area contributed by atoms with E-state index in [2.05, 4.69) is 39.6 Å². The van der Waals surface area contributed by atoms with Crippen LogP contribution in [0.2, 0.25) is 0 Å². The number of para-hydroxylation sites is 2. The van der Waals surface area contributed by atoms with Crippen molar-refractivity contribution in [2.75, 3.05) is 31.6 Å². The van der Waals surface area contributed by atoms with Crippen molar-refractivity contribution in [1.82, 2.24) is 15.6 Å². The number of hydrogen-bond donors (Lipinski definition) is 2. The van der Waals surface area contributed by atoms with Crippen LogP contribution in [0.5, 0.6) is 11.6 Å². The van der Waals surface area contributed by atoms with Gasteiger partial charge in [0.25, 0.3) is 0 Å². The van der Waals surface area contributed by atoms with E-state index in [1.54, 1.807) is 7.11 Å². The highest BCUT2D eigenvalue weighted by Crippen LogP contribution is 2.30. The number of pyridine rings is 1. The molecule has 0 radical (unpaired) electrons. The van der Waals surface area contributed by atoms with E-state index >= 15 is 0 Å². The first kappa shape index (κ1) is 25.0. The minimum Gasteiger partial charge on any atom is -0.495 e. The minimum absolute atomic E-state index is 0. The Hall–Kier alpha value is -2.23. The van der Waals surface area contributed by atoms with Gasteiger partial charge in [-0.25, -0.2) is 9.98 Å². The Morgan fingerprint density at radius 3 is 2.74 bits per heavy atom. The fourth-order valence-electron chi connectivity index (χ4n) is 3.49. The molecule has 0 spiro atoms. The number of halogens is 1. The van der Waals surface area contributed by atoms with Gasteiger partial charge in [0.05, 0.1) is 25.4 Å². The lowest BCUT2D eigenvalue weighted by Crippen LogP contribution is -2.44. The van der Waals surface area contributed by atoms with E-state index in [0.717, 1.165) is 49.0 Å². The summed E-state index contributed by atoms with van der Waals surface area (Å²) in [5, 5.41) is 6.92. The molecule has 1 fully saturated rings. The fraction of sp³-hybridized carbons (Fsp3) is 0.478. The minimum atomic E-state index is 0. The van der Waals surface area contributed by atoms with Crippen LogP contribution in [0.3, 0.4) is 0 Å². The lowest BCUT2D eigenvalue weighted by Gasteiger charge is -2.22. The highest BCUT2D eigenvalue weighted by molar-refractivity contribution is 14.0. The van der Waals surface area contributed by atoms with E-state index in [0.29, 0.717) is 18.5 Å². The first-order chi connectivity index (χ1) is 14.6. The molecule has 3 rings (SSSR count). The van der Waals surface area contributed by atoms with Crippen LogP contribution in [-0.4, -0.2) is 49.8 Å². The molecule has 1 saturated heterocycles. The number of nitrogens with zero attached hydrogens (tertiary/aromatic N) is 3. The number of ether oxygens (including phenoxy) is 2. The lowest BCUT2D eigenvalue weighted by molar-refractivity contribution is 0.232. The number of anilines is 1. The quantitative estimate of drug-likeness (QED) is 0.302. The summed E-state index contributed by atoms with van der Waals surface area (Å²) in [6.45, 7) is 9.33. The Morgan fingerprint density at radius 1 is 1.26 bits per heavy atom. The number of nitrogens with one attached hydrogen (secondary N) is 2. The van der Waals surface area contributed by atoms with Crippen molar-refractivity contribution in [3.63, 3.8) is 0 Å². The van der Waals surface area contributed by atoms with Gasteiger partial charge in [-0.2, -0.15) is 0 Å². The summed E-state index contributed by atoms with van der Waals surface area (Å²) in [6.07, 6.45) is 2.99. The van der Waals surface area contributed by atoms with Gasteiger partial charge in [-0.15, -0.1) is 24.0 Å². The van der Waals surface area contributed by atoms with Crippen LogP contribution in [0, 0.1) is 0 Å². The SMILES string of the molecule is CCNC(=NCc1ccc(OC(C)C)nc1)NC1CCN(c2ccccc2OC)C1.I. The Morgan fingerprint density at radius 2 is 2.06 bits per heavy atom. The number of aromatic nitrogens is 1. The van der Waals surface area contributed by atoms with Crippen LogP contribution in [0.15, 0.2) is 47.6 Å². The van der Waals surface area contributed by atoms with Crippen LogP contribution in [-0.2, 0) is 6.54 Å². The van der Waals surface area contributed by atoms with E-state index in [1.807, 2.05) is 44.3 Å². The largest absolute Gasteiger partial charge is 0.495 e. The molecule has 2 aromatic rings. The summed E-state index contributed by atoms with van der Waals surface area (Å²) in [6, 6.07) is 12.4. The molecule has 8 heteroatoms. The Kier molecular flexibility index (Phi) is 10.2. The predicted octanol–water partition coefficient (Wildman–Crippen LogP) is 3.83. The van der Waals surface area contributed by atoms with Crippen LogP contribution >= 0.6 is 24.0 Å². The second kappa shape index (κ2) is 12.6. The number of hydrogen-bond acceptors (Lipinski definition) is 5. The maximum absolute atomic E-state index is 5.60. The summed E-state index contributed by atoms with van der Waals surface area (Å²) in [4.78, 5) is 11.5. The maximum atomic E-state index is 5.60. The number of methoxy groups -OCH3 is 1. The molecule has 0 bridgehead atoms. The second-order valence-corrected chi connectivity index (χ2v) is 7.61. The zero-order valence-corrected chi connectivity index (χ0v) is 21.1. The van der Waals surface area contributed by atoms with Gasteiger partial charge in [-0.05, 0) is 44.9 Å². The third kappa shape index (κ3) is 7.45. The van der Waals surface area contributed by atoms with Gasteiger partial charge in [0.2, 0.25) is 5.88 Å². The molecular formula is C23H34IN5O2. The summed E-state index contributed by atoms with van der Waals surface area (Å²) >= 11 is 0. The number of benzene rings is 1. The third-order valence-electron chi connectivity index (χ3n) is 4.87. The molecule has 0 amide bonds. The van der Waals surface area contributed by atoms with Crippen LogP contribution in [0.25, 0.3) is 0 Å². The number of aliphatic imine (C=N–C) groups is 1. The Bertz CT molecular complexity index is 829.